The Morgan fingerprint density at radius 1 is 0.889 bits per heavy atom. The highest BCUT2D eigenvalue weighted by atomic mass is 16.7. The number of phenolic OH excluding ortho intramolecular Hbond substituents is 3. The van der Waals surface area contributed by atoms with Gasteiger partial charge >= 0.3 is 11.8 Å². The van der Waals surface area contributed by atoms with Crippen LogP contribution in [0.5, 0.6) is 23.0 Å². The lowest BCUT2D eigenvalue weighted by molar-refractivity contribution is -0.160. The summed E-state index contributed by atoms with van der Waals surface area (Å²) >= 11 is 0. The molecule has 0 aliphatic carbocycles. The smallest absolute Gasteiger partial charge is 0.312 e. The third kappa shape index (κ3) is 11.5. The van der Waals surface area contributed by atoms with Gasteiger partial charge in [0.1, 0.15) is 30.0 Å². The number of nitrogens with zero attached hydrogens (tertiary/aromatic N) is 1. The van der Waals surface area contributed by atoms with Gasteiger partial charge in [0.2, 0.25) is 0 Å². The molecule has 3 aliphatic heterocycles. The van der Waals surface area contributed by atoms with Crippen molar-refractivity contribution >= 4 is 40.3 Å². The van der Waals surface area contributed by atoms with Gasteiger partial charge in [0.25, 0.3) is 11.7 Å². The zero-order valence-electron chi connectivity index (χ0n) is 38.4. The second-order valence-electron chi connectivity index (χ2n) is 17.2. The summed E-state index contributed by atoms with van der Waals surface area (Å²) in [5.74, 6) is -8.54. The van der Waals surface area contributed by atoms with Crippen LogP contribution in [0.1, 0.15) is 128 Å². The van der Waals surface area contributed by atoms with E-state index in [9.17, 15) is 39.9 Å². The number of rotatable bonds is 13. The van der Waals surface area contributed by atoms with Crippen LogP contribution >= 0.6 is 0 Å². The molecule has 15 heteroatoms. The maximum Gasteiger partial charge on any atom is 0.312 e. The van der Waals surface area contributed by atoms with Gasteiger partial charge in [-0.1, -0.05) is 96.5 Å². The average Bonchev–Trinajstić information content (AvgIpc) is 3.51. The summed E-state index contributed by atoms with van der Waals surface area (Å²) in [6, 6.07) is 0. The van der Waals surface area contributed by atoms with E-state index in [0.717, 1.165) is 31.9 Å². The van der Waals surface area contributed by atoms with Crippen molar-refractivity contribution < 1.29 is 63.7 Å². The fourth-order valence-corrected chi connectivity index (χ4v) is 8.32. The molecule has 0 saturated heterocycles. The number of aromatic hydroxyl groups is 3. The van der Waals surface area contributed by atoms with Gasteiger partial charge in [-0.2, -0.15) is 0 Å². The lowest BCUT2D eigenvalue weighted by Gasteiger charge is -2.38. The predicted octanol–water partition coefficient (Wildman–Crippen LogP) is 8.25. The molecular weight excluding hydrogens is 813 g/mol. The van der Waals surface area contributed by atoms with Crippen LogP contribution in [0, 0.1) is 30.6 Å². The molecule has 9 atom stereocenters. The van der Waals surface area contributed by atoms with Crippen molar-refractivity contribution in [2.75, 3.05) is 19.0 Å². The Morgan fingerprint density at radius 2 is 1.54 bits per heavy atom. The Morgan fingerprint density at radius 3 is 2.17 bits per heavy atom. The van der Waals surface area contributed by atoms with Crippen LogP contribution in [0.4, 0.5) is 5.69 Å². The minimum absolute atomic E-state index is 0.0432. The summed E-state index contributed by atoms with van der Waals surface area (Å²) in [6.45, 7) is 14.9. The quantitative estimate of drug-likeness (QED) is 0.0279. The number of oxime groups is 1. The van der Waals surface area contributed by atoms with Crippen LogP contribution in [0.3, 0.4) is 0 Å². The molecule has 15 nitrogen and oxygen atoms in total. The standard InChI is InChI=1S/C48H68N2O13/c1-11-12-13-14-15-16-17-18-23-61-49-25-33-38-43(56)36-35(42(33)55)37-45(31(7)41(36)54)63-48(9,46(37)57)60-24-22-34(59-10)28(4)44(62-32(8)51)30(6)40(53)29(5)39(52)26(2)20-19-21-27(3)47(58)50-38/h19-22,24-26,28-30,34,39-40,44,52-56H,11-18,23H2,1-10H3,(H,50,58). The molecule has 2 aromatic rings. The van der Waals surface area contributed by atoms with Crippen molar-refractivity contribution in [2.45, 2.75) is 144 Å². The Balaban J connectivity index is 1.85. The predicted molar refractivity (Wildman–Crippen MR) is 240 cm³/mol. The number of ether oxygens (including phenoxy) is 4. The molecule has 5 bridgehead atoms. The molecule has 9 unspecified atom stereocenters. The number of nitrogens with one attached hydrogen (secondary N) is 1. The van der Waals surface area contributed by atoms with E-state index in [1.54, 1.807) is 39.8 Å². The first-order valence-corrected chi connectivity index (χ1v) is 22.1. The fourth-order valence-electron chi connectivity index (χ4n) is 8.32. The monoisotopic (exact) mass is 880 g/mol. The van der Waals surface area contributed by atoms with Crippen LogP contribution in [-0.4, -0.2) is 93.3 Å². The highest BCUT2D eigenvalue weighted by Gasteiger charge is 2.50. The minimum atomic E-state index is -2.06. The van der Waals surface area contributed by atoms with Crippen molar-refractivity contribution in [3.05, 3.63) is 52.8 Å². The molecule has 0 aromatic heterocycles. The number of fused-ring (bicyclic) bond motifs is 14. The molecule has 63 heavy (non-hydrogen) atoms. The Labute approximate surface area is 370 Å². The highest BCUT2D eigenvalue weighted by molar-refractivity contribution is 6.23. The first kappa shape index (κ1) is 50.5. The van der Waals surface area contributed by atoms with Crippen molar-refractivity contribution in [3.63, 3.8) is 0 Å². The molecule has 1 amide bonds. The number of anilines is 1. The zero-order chi connectivity index (χ0) is 46.8. The number of esters is 1. The van der Waals surface area contributed by atoms with E-state index in [1.807, 2.05) is 0 Å². The Hall–Kier alpha value is -5.12. The SMILES string of the molecule is CCCCCCCCCCON=Cc1c2c(O)c3c(O)c(C)c4c(c3c1O)C(=O)C(C)(OC=CC(OC)C(C)C(OC(C)=O)C(C)C(O)C(C)C(O)C(C)C=CC=C(C)C(=O)N2)O4. The van der Waals surface area contributed by atoms with Gasteiger partial charge in [0, 0.05) is 61.2 Å². The first-order chi connectivity index (χ1) is 29.8. The van der Waals surface area contributed by atoms with Crippen LogP contribution < -0.4 is 10.1 Å². The van der Waals surface area contributed by atoms with Gasteiger partial charge in [0.15, 0.2) is 5.75 Å². The molecule has 0 saturated carbocycles. The number of aliphatic hydroxyl groups excluding tert-OH is 2. The Bertz CT molecular complexity index is 2080. The van der Waals surface area contributed by atoms with Gasteiger partial charge in [-0.05, 0) is 32.8 Å². The summed E-state index contributed by atoms with van der Waals surface area (Å²) in [6.07, 6.45) is 13.3. The average molecular weight is 881 g/mol. The molecule has 0 spiro atoms. The van der Waals surface area contributed by atoms with Crippen LogP contribution in [-0.2, 0) is 28.6 Å². The lowest BCUT2D eigenvalue weighted by atomic mass is 9.78. The number of carbonyl (C=O) groups excluding carboxylic acids is 3. The van der Waals surface area contributed by atoms with Crippen molar-refractivity contribution in [1.29, 1.82) is 0 Å². The number of aliphatic hydroxyl groups is 2. The minimum Gasteiger partial charge on any atom is -0.507 e. The molecule has 3 heterocycles. The van der Waals surface area contributed by atoms with E-state index in [4.69, 9.17) is 23.8 Å². The number of carbonyl (C=O) groups is 3. The van der Waals surface area contributed by atoms with Crippen LogP contribution in [0.2, 0.25) is 0 Å². The van der Waals surface area contributed by atoms with Gasteiger partial charge in [-0.25, -0.2) is 0 Å². The van der Waals surface area contributed by atoms with Gasteiger partial charge in [-0.15, -0.1) is 0 Å². The topological polar surface area (TPSA) is 223 Å². The van der Waals surface area contributed by atoms with E-state index in [1.165, 1.54) is 78.9 Å². The summed E-state index contributed by atoms with van der Waals surface area (Å²) in [5, 5.41) is 64.5. The molecule has 2 aromatic carbocycles. The third-order valence-corrected chi connectivity index (χ3v) is 12.4. The number of methoxy groups -OCH3 is 1. The lowest BCUT2D eigenvalue weighted by Crippen LogP contribution is -2.46. The number of unbranched alkanes of at least 4 members (excludes halogenated alkanes) is 7. The van der Waals surface area contributed by atoms with E-state index in [2.05, 4.69) is 17.4 Å². The molecule has 0 fully saturated rings. The number of hydrogen-bond acceptors (Lipinski definition) is 14. The number of amides is 1. The van der Waals surface area contributed by atoms with Crippen molar-refractivity contribution in [2.24, 2.45) is 28.8 Å². The van der Waals surface area contributed by atoms with Gasteiger partial charge < -0.3 is 54.6 Å². The molecule has 0 radical (unpaired) electrons. The van der Waals surface area contributed by atoms with Crippen molar-refractivity contribution in [3.8, 4) is 23.0 Å². The second-order valence-corrected chi connectivity index (χ2v) is 17.2. The summed E-state index contributed by atoms with van der Waals surface area (Å²) in [4.78, 5) is 46.1. The maximum absolute atomic E-state index is 14.4. The number of Topliss-reactive ketones (excluding diaryl/α,β-unsaturated/α-hetero) is 1. The zero-order valence-corrected chi connectivity index (χ0v) is 38.4. The molecular formula is C48H68N2O13. The van der Waals surface area contributed by atoms with Gasteiger partial charge in [-0.3, -0.25) is 14.4 Å². The summed E-state index contributed by atoms with van der Waals surface area (Å²) in [5.41, 5.74) is -0.533. The fraction of sp³-hybridized carbons (Fsp3) is 0.583. The number of hydrogen-bond donors (Lipinski definition) is 6. The summed E-state index contributed by atoms with van der Waals surface area (Å²) in [7, 11) is 1.43. The van der Waals surface area contributed by atoms with Crippen LogP contribution in [0.15, 0.2) is 41.3 Å². The maximum atomic E-state index is 14.4. The van der Waals surface area contributed by atoms with E-state index in [0.29, 0.717) is 0 Å². The number of ketones is 1. The van der Waals surface area contributed by atoms with E-state index < -0.39 is 88.8 Å². The first-order valence-electron chi connectivity index (χ1n) is 22.1. The normalized spacial score (nSPS) is 27.1. The van der Waals surface area contributed by atoms with Crippen molar-refractivity contribution in [1.82, 2.24) is 0 Å². The number of allylic oxidation sites excluding steroid dienone is 2. The molecule has 5 rings (SSSR count). The Kier molecular flexibility index (Phi) is 18.0. The molecule has 6 N–H and O–H groups in total. The van der Waals surface area contributed by atoms with E-state index >= 15 is 0 Å². The van der Waals surface area contributed by atoms with E-state index in [-0.39, 0.29) is 51.1 Å². The third-order valence-electron chi connectivity index (χ3n) is 12.4. The molecule has 3 aliphatic rings. The van der Waals surface area contributed by atoms with Gasteiger partial charge in [0.05, 0.1) is 53.0 Å². The number of phenols is 3. The second kappa shape index (κ2) is 22.5. The summed E-state index contributed by atoms with van der Waals surface area (Å²) < 4.78 is 23.6. The van der Waals surface area contributed by atoms with Crippen LogP contribution in [0.25, 0.3) is 10.8 Å². The largest absolute Gasteiger partial charge is 0.507 e. The molecule has 348 valence electrons. The highest BCUT2D eigenvalue weighted by Crippen LogP contribution is 2.55. The number of benzene rings is 2.